The number of ether oxygens (including phenoxy) is 1. The number of hydrogen-bond acceptors (Lipinski definition) is 6. The van der Waals surface area contributed by atoms with Crippen LogP contribution in [0.3, 0.4) is 0 Å². The summed E-state index contributed by atoms with van der Waals surface area (Å²) in [4.78, 5) is 58.1. The standard InChI is InChI=1S/C31H33BrN4O6/c1-15-8-16(2)10-20(9-15)42-26-12-21-23(33-31(40)25(35-29(21)38)14-27(37)36(6)41-7)13-24(26)34-30(39)22-11-17(3)18(4)19(5)28(22)32/h8-13,25H,14H2,1-7H3,(H,33,40)(H,34,39)(H,35,38)/t25-/m0/s1/i3D3,4D3,5D3,6D. The summed E-state index contributed by atoms with van der Waals surface area (Å²) in [7, 11) is 0.589. The van der Waals surface area contributed by atoms with Gasteiger partial charge in [-0.1, -0.05) is 6.07 Å². The maximum absolute atomic E-state index is 14.0. The van der Waals surface area contributed by atoms with Gasteiger partial charge in [-0.25, -0.2) is 5.06 Å². The molecule has 4 amide bonds. The molecule has 0 fully saturated rings. The zero-order valence-electron chi connectivity index (χ0n) is 32.7. The summed E-state index contributed by atoms with van der Waals surface area (Å²) >= 11 is 3.05. The number of benzene rings is 3. The minimum absolute atomic E-state index is 0.132. The lowest BCUT2D eigenvalue weighted by molar-refractivity contribution is -0.169. The normalized spacial score (nSPS) is 18.7. The lowest BCUT2D eigenvalue weighted by Crippen LogP contribution is -2.44. The van der Waals surface area contributed by atoms with Crippen molar-refractivity contribution >= 4 is 50.9 Å². The van der Waals surface area contributed by atoms with Gasteiger partial charge in [0.2, 0.25) is 11.8 Å². The first kappa shape index (κ1) is 19.8. The highest BCUT2D eigenvalue weighted by molar-refractivity contribution is 9.10. The molecule has 0 aromatic heterocycles. The molecule has 3 aromatic carbocycles. The monoisotopic (exact) mass is 646 g/mol. The van der Waals surface area contributed by atoms with Crippen LogP contribution >= 0.6 is 15.9 Å². The Kier molecular flexibility index (Phi) is 5.82. The van der Waals surface area contributed by atoms with Gasteiger partial charge in [0.15, 0.2) is 5.75 Å². The fourth-order valence-corrected chi connectivity index (χ4v) is 4.72. The number of carbonyl (C=O) groups excluding carboxylic acids is 4. The molecule has 220 valence electrons. The summed E-state index contributed by atoms with van der Waals surface area (Å²) < 4.78 is 85.1. The molecular formula is C31H33BrN4O6. The molecule has 0 spiro atoms. The van der Waals surface area contributed by atoms with Gasteiger partial charge in [-0.05, 0) is 108 Å². The quantitative estimate of drug-likeness (QED) is 0.291. The topological polar surface area (TPSA) is 126 Å². The van der Waals surface area contributed by atoms with E-state index < -0.39 is 90.4 Å². The van der Waals surface area contributed by atoms with Crippen LogP contribution in [0.4, 0.5) is 11.4 Å². The summed E-state index contributed by atoms with van der Waals surface area (Å²) in [6.45, 7) is -5.92. The number of amides is 4. The van der Waals surface area contributed by atoms with Gasteiger partial charge in [-0.3, -0.25) is 24.0 Å². The van der Waals surface area contributed by atoms with Gasteiger partial charge in [0, 0.05) is 25.2 Å². The minimum Gasteiger partial charge on any atom is -0.455 e. The van der Waals surface area contributed by atoms with Crippen molar-refractivity contribution in [3.63, 3.8) is 0 Å². The van der Waals surface area contributed by atoms with Crippen molar-refractivity contribution in [3.8, 4) is 11.5 Å². The Balaban J connectivity index is 1.88. The van der Waals surface area contributed by atoms with E-state index in [9.17, 15) is 19.2 Å². The van der Waals surface area contributed by atoms with Gasteiger partial charge in [0.25, 0.3) is 11.8 Å². The molecule has 42 heavy (non-hydrogen) atoms. The number of aryl methyl sites for hydroxylation is 3. The molecule has 1 heterocycles. The van der Waals surface area contributed by atoms with Crippen LogP contribution in [0.2, 0.25) is 0 Å². The van der Waals surface area contributed by atoms with E-state index in [1.165, 1.54) is 12.1 Å². The van der Waals surface area contributed by atoms with Crippen molar-refractivity contribution in [2.75, 3.05) is 24.8 Å². The number of carbonyl (C=O) groups is 4. The van der Waals surface area contributed by atoms with Crippen molar-refractivity contribution in [2.24, 2.45) is 0 Å². The average molecular weight is 648 g/mol. The van der Waals surface area contributed by atoms with Gasteiger partial charge in [-0.15, -0.1) is 0 Å². The summed E-state index contributed by atoms with van der Waals surface area (Å²) in [6, 6.07) is 6.96. The van der Waals surface area contributed by atoms with Crippen molar-refractivity contribution in [3.05, 3.63) is 79.8 Å². The molecule has 4 rings (SSSR count). The van der Waals surface area contributed by atoms with Crippen molar-refractivity contribution in [1.29, 1.82) is 0 Å². The lowest BCUT2D eigenvalue weighted by Gasteiger charge is -2.18. The first-order valence-corrected chi connectivity index (χ1v) is 13.1. The molecule has 0 bridgehead atoms. The smallest absolute Gasteiger partial charge is 0.256 e. The predicted molar refractivity (Wildman–Crippen MR) is 163 cm³/mol. The first-order chi connectivity index (χ1) is 24.0. The second-order valence-corrected chi connectivity index (χ2v) is 10.3. The zero-order valence-corrected chi connectivity index (χ0v) is 24.3. The number of hydroxylamine groups is 2. The number of hydrogen-bond donors (Lipinski definition) is 3. The Morgan fingerprint density at radius 2 is 1.79 bits per heavy atom. The molecular weight excluding hydrogens is 604 g/mol. The molecule has 3 aromatic rings. The lowest BCUT2D eigenvalue weighted by atomic mass is 10.00. The molecule has 0 unspecified atom stereocenters. The van der Waals surface area contributed by atoms with E-state index in [-0.39, 0.29) is 28.4 Å². The average Bonchev–Trinajstić information content (AvgIpc) is 3.10. The minimum atomic E-state index is -3.20. The van der Waals surface area contributed by atoms with E-state index >= 15 is 0 Å². The fourth-order valence-electron chi connectivity index (χ4n) is 4.23. The van der Waals surface area contributed by atoms with Crippen molar-refractivity contribution in [2.45, 2.75) is 46.9 Å². The van der Waals surface area contributed by atoms with Crippen LogP contribution in [-0.2, 0) is 14.4 Å². The zero-order chi connectivity index (χ0) is 39.1. The molecule has 10 nitrogen and oxygen atoms in total. The van der Waals surface area contributed by atoms with E-state index in [4.69, 9.17) is 23.3 Å². The Bertz CT molecular complexity index is 1920. The highest BCUT2D eigenvalue weighted by atomic mass is 79.9. The molecule has 1 atom stereocenters. The van der Waals surface area contributed by atoms with Gasteiger partial charge in [0.1, 0.15) is 11.8 Å². The molecule has 0 aliphatic carbocycles. The van der Waals surface area contributed by atoms with Gasteiger partial charge in [0.05, 0.1) is 36.0 Å². The third-order valence-corrected chi connectivity index (χ3v) is 7.12. The summed E-state index contributed by atoms with van der Waals surface area (Å²) in [5.41, 5.74) is -2.09. The molecule has 11 heteroatoms. The summed E-state index contributed by atoms with van der Waals surface area (Å²) in [5, 5.41) is 8.20. The fraction of sp³-hybridized carbons (Fsp3) is 0.290. The van der Waals surface area contributed by atoms with Crippen LogP contribution in [0, 0.1) is 34.4 Å². The molecule has 1 aliphatic rings. The third-order valence-electron chi connectivity index (χ3n) is 6.30. The number of halogens is 1. The molecule has 0 radical (unpaired) electrons. The Hall–Kier alpha value is -4.22. The van der Waals surface area contributed by atoms with Gasteiger partial charge in [-0.2, -0.15) is 0 Å². The number of nitrogens with zero attached hydrogens (tertiary/aromatic N) is 1. The van der Waals surface area contributed by atoms with Crippen molar-refractivity contribution in [1.82, 2.24) is 10.4 Å². The van der Waals surface area contributed by atoms with Crippen LogP contribution in [0.5, 0.6) is 11.5 Å². The van der Waals surface area contributed by atoms with E-state index in [1.54, 1.807) is 26.0 Å². The van der Waals surface area contributed by atoms with Crippen molar-refractivity contribution < 1.29 is 42.5 Å². The SMILES string of the molecule is [2H]CN(OC)C(=O)C[C@@H]1NC(=O)c2cc(Oc3cc(C)cc(C)c3)c(NC(=O)c3cc(C([2H])([2H])[2H])c(C([2H])([2H])[2H])c(C([2H])([2H])[2H])c3Br)cc2NC1=O. The highest BCUT2D eigenvalue weighted by Crippen LogP contribution is 2.37. The molecule has 0 saturated carbocycles. The van der Waals surface area contributed by atoms with E-state index in [0.717, 1.165) is 24.3 Å². The van der Waals surface area contributed by atoms with Crippen LogP contribution in [0.25, 0.3) is 0 Å². The third kappa shape index (κ3) is 6.47. The number of rotatable bonds is 7. The van der Waals surface area contributed by atoms with Gasteiger partial charge >= 0.3 is 0 Å². The Morgan fingerprint density at radius 3 is 2.43 bits per heavy atom. The Labute approximate surface area is 266 Å². The second-order valence-electron chi connectivity index (χ2n) is 9.48. The summed E-state index contributed by atoms with van der Waals surface area (Å²) in [5.74, 6) is -3.36. The van der Waals surface area contributed by atoms with Crippen LogP contribution < -0.4 is 20.7 Å². The van der Waals surface area contributed by atoms with E-state index in [0.29, 0.717) is 5.06 Å². The summed E-state index contributed by atoms with van der Waals surface area (Å²) in [6.07, 6.45) is -0.564. The highest BCUT2D eigenvalue weighted by Gasteiger charge is 2.32. The van der Waals surface area contributed by atoms with E-state index in [2.05, 4.69) is 31.9 Å². The number of fused-ring (bicyclic) bond motifs is 1. The molecule has 0 saturated heterocycles. The van der Waals surface area contributed by atoms with Crippen LogP contribution in [0.15, 0.2) is 40.9 Å². The van der Waals surface area contributed by atoms with E-state index in [1.807, 2.05) is 6.07 Å². The number of anilines is 2. The largest absolute Gasteiger partial charge is 0.455 e. The van der Waals surface area contributed by atoms with Crippen LogP contribution in [-0.4, -0.2) is 48.9 Å². The maximum Gasteiger partial charge on any atom is 0.256 e. The van der Waals surface area contributed by atoms with Crippen LogP contribution in [0.1, 0.15) is 68.7 Å². The molecule has 1 aliphatic heterocycles. The first-order valence-electron chi connectivity index (χ1n) is 17.6. The number of nitrogens with one attached hydrogen (secondary N) is 3. The Morgan fingerprint density at radius 1 is 1.05 bits per heavy atom. The predicted octanol–water partition coefficient (Wildman–Crippen LogP) is 5.50. The molecule has 3 N–H and O–H groups in total. The van der Waals surface area contributed by atoms with Gasteiger partial charge < -0.3 is 20.7 Å². The second kappa shape index (κ2) is 12.3. The maximum atomic E-state index is 14.0.